The summed E-state index contributed by atoms with van der Waals surface area (Å²) in [6.45, 7) is 7.13. The first-order chi connectivity index (χ1) is 20.8. The molecule has 12 heteroatoms. The number of nitrogens with zero attached hydrogens (tertiary/aromatic N) is 2. The first-order valence-electron chi connectivity index (χ1n) is 14.3. The second kappa shape index (κ2) is 14.1. The number of amides is 2. The van der Waals surface area contributed by atoms with Crippen LogP contribution in [0.2, 0.25) is 10.0 Å². The molecule has 3 aromatic carbocycles. The van der Waals surface area contributed by atoms with E-state index in [0.717, 1.165) is 9.87 Å². The number of benzene rings is 3. The van der Waals surface area contributed by atoms with Crippen molar-refractivity contribution < 1.29 is 27.5 Å². The minimum atomic E-state index is -3.94. The van der Waals surface area contributed by atoms with Crippen molar-refractivity contribution in [2.75, 3.05) is 29.8 Å². The van der Waals surface area contributed by atoms with Gasteiger partial charge in [-0.3, -0.25) is 13.9 Å². The molecule has 0 unspecified atom stereocenters. The Kier molecular flexibility index (Phi) is 10.7. The molecule has 0 aliphatic carbocycles. The molecule has 0 bridgehead atoms. The molecule has 1 N–H and O–H groups in total. The SMILES string of the molecule is CCS(=O)(=O)N(CC(=O)N(Cc1ccc(Cl)cc1Cl)[C@@H](Cc1ccccc1)C(=O)NC(C)(C)C)c1ccc2c(c1)OCCO2. The highest BCUT2D eigenvalue weighted by molar-refractivity contribution is 7.92. The van der Waals surface area contributed by atoms with Crippen molar-refractivity contribution in [3.05, 3.63) is 87.9 Å². The van der Waals surface area contributed by atoms with Crippen LogP contribution in [0.15, 0.2) is 66.7 Å². The van der Waals surface area contributed by atoms with Crippen molar-refractivity contribution in [2.45, 2.75) is 52.2 Å². The third kappa shape index (κ3) is 8.58. The fourth-order valence-corrected chi connectivity index (χ4v) is 6.27. The maximum Gasteiger partial charge on any atom is 0.244 e. The van der Waals surface area contributed by atoms with Gasteiger partial charge in [-0.2, -0.15) is 0 Å². The number of carbonyl (C=O) groups is 2. The molecule has 1 aliphatic heterocycles. The Morgan fingerprint density at radius 2 is 1.64 bits per heavy atom. The highest BCUT2D eigenvalue weighted by atomic mass is 35.5. The lowest BCUT2D eigenvalue weighted by Gasteiger charge is -2.35. The van der Waals surface area contributed by atoms with Gasteiger partial charge in [-0.15, -0.1) is 0 Å². The van der Waals surface area contributed by atoms with Gasteiger partial charge in [0, 0.05) is 34.6 Å². The Hall–Kier alpha value is -3.47. The highest BCUT2D eigenvalue weighted by Gasteiger charge is 2.35. The van der Waals surface area contributed by atoms with E-state index in [1.807, 2.05) is 51.1 Å². The lowest BCUT2D eigenvalue weighted by Crippen LogP contribution is -2.56. The summed E-state index contributed by atoms with van der Waals surface area (Å²) in [6, 6.07) is 18.0. The molecule has 9 nitrogen and oxygen atoms in total. The van der Waals surface area contributed by atoms with Crippen LogP contribution < -0.4 is 19.1 Å². The number of hydrogen-bond donors (Lipinski definition) is 1. The molecule has 0 aromatic heterocycles. The van der Waals surface area contributed by atoms with Crippen LogP contribution in [-0.4, -0.2) is 62.2 Å². The minimum Gasteiger partial charge on any atom is -0.486 e. The maximum atomic E-state index is 14.4. The molecule has 0 saturated carbocycles. The van der Waals surface area contributed by atoms with Gasteiger partial charge in [0.1, 0.15) is 25.8 Å². The number of ether oxygens (including phenoxy) is 2. The van der Waals surface area contributed by atoms with E-state index < -0.39 is 34.1 Å². The Labute approximate surface area is 269 Å². The third-order valence-electron chi connectivity index (χ3n) is 6.92. The van der Waals surface area contributed by atoms with Crippen LogP contribution in [0.3, 0.4) is 0 Å². The number of anilines is 1. The van der Waals surface area contributed by atoms with Crippen LogP contribution in [-0.2, 0) is 32.6 Å². The van der Waals surface area contributed by atoms with E-state index in [1.165, 1.54) is 11.8 Å². The van der Waals surface area contributed by atoms with Gasteiger partial charge in [-0.1, -0.05) is 59.6 Å². The van der Waals surface area contributed by atoms with Crippen LogP contribution in [0, 0.1) is 0 Å². The summed E-state index contributed by atoms with van der Waals surface area (Å²) in [5, 5.41) is 3.73. The predicted molar refractivity (Wildman–Crippen MR) is 173 cm³/mol. The highest BCUT2D eigenvalue weighted by Crippen LogP contribution is 2.35. The van der Waals surface area contributed by atoms with Crippen molar-refractivity contribution in [1.29, 1.82) is 0 Å². The van der Waals surface area contributed by atoms with Gasteiger partial charge in [0.25, 0.3) is 0 Å². The summed E-state index contributed by atoms with van der Waals surface area (Å²) in [6.07, 6.45) is 0.185. The molecular weight excluding hydrogens is 625 g/mol. The molecule has 1 atom stereocenters. The number of carbonyl (C=O) groups excluding carboxylic acids is 2. The number of sulfonamides is 1. The second-order valence-electron chi connectivity index (χ2n) is 11.4. The molecule has 3 aromatic rings. The molecule has 0 radical (unpaired) electrons. The molecule has 1 aliphatic rings. The summed E-state index contributed by atoms with van der Waals surface area (Å²) in [7, 11) is -3.94. The molecule has 44 heavy (non-hydrogen) atoms. The molecule has 4 rings (SSSR count). The third-order valence-corrected chi connectivity index (χ3v) is 9.25. The largest absolute Gasteiger partial charge is 0.486 e. The van der Waals surface area contributed by atoms with Gasteiger partial charge in [0.2, 0.25) is 21.8 Å². The minimum absolute atomic E-state index is 0.0644. The topological polar surface area (TPSA) is 105 Å². The van der Waals surface area contributed by atoms with Crippen LogP contribution in [0.1, 0.15) is 38.8 Å². The zero-order valence-electron chi connectivity index (χ0n) is 25.2. The number of nitrogens with one attached hydrogen (secondary N) is 1. The lowest BCUT2D eigenvalue weighted by atomic mass is 10.0. The molecule has 0 spiro atoms. The van der Waals surface area contributed by atoms with Crippen LogP contribution >= 0.6 is 23.2 Å². The Morgan fingerprint density at radius 3 is 2.27 bits per heavy atom. The number of rotatable bonds is 11. The Balaban J connectivity index is 1.78. The smallest absolute Gasteiger partial charge is 0.244 e. The number of halogens is 2. The summed E-state index contributed by atoms with van der Waals surface area (Å²) in [5.74, 6) is -0.359. The van der Waals surface area contributed by atoms with Gasteiger partial charge < -0.3 is 19.7 Å². The molecule has 0 saturated heterocycles. The van der Waals surface area contributed by atoms with Crippen molar-refractivity contribution >= 4 is 50.7 Å². The fraction of sp³-hybridized carbons (Fsp3) is 0.375. The van der Waals surface area contributed by atoms with E-state index in [1.54, 1.807) is 36.4 Å². The summed E-state index contributed by atoms with van der Waals surface area (Å²) in [5.41, 5.74) is 1.02. The van der Waals surface area contributed by atoms with Gasteiger partial charge >= 0.3 is 0 Å². The normalized spacial score (nSPS) is 13.6. The summed E-state index contributed by atoms with van der Waals surface area (Å²) in [4.78, 5) is 29.7. The van der Waals surface area contributed by atoms with E-state index in [4.69, 9.17) is 32.7 Å². The van der Waals surface area contributed by atoms with E-state index in [9.17, 15) is 18.0 Å². The van der Waals surface area contributed by atoms with Gasteiger partial charge in [-0.05, 0) is 63.1 Å². The Morgan fingerprint density at radius 1 is 0.955 bits per heavy atom. The van der Waals surface area contributed by atoms with Gasteiger partial charge in [-0.25, -0.2) is 8.42 Å². The summed E-state index contributed by atoms with van der Waals surface area (Å²) < 4.78 is 39.2. The molecule has 236 valence electrons. The van der Waals surface area contributed by atoms with Crippen LogP contribution in [0.25, 0.3) is 0 Å². The average molecular weight is 663 g/mol. The molecule has 0 fully saturated rings. The molecule has 2 amide bonds. The van der Waals surface area contributed by atoms with Gasteiger partial charge in [0.05, 0.1) is 11.4 Å². The zero-order chi connectivity index (χ0) is 32.1. The quantitative estimate of drug-likeness (QED) is 0.292. The predicted octanol–water partition coefficient (Wildman–Crippen LogP) is 5.48. The first kappa shape index (κ1) is 33.4. The van der Waals surface area contributed by atoms with Crippen molar-refractivity contribution in [3.8, 4) is 11.5 Å². The Bertz CT molecular complexity index is 1600. The van der Waals surface area contributed by atoms with E-state index in [2.05, 4.69) is 5.32 Å². The first-order valence-corrected chi connectivity index (χ1v) is 16.6. The molecular formula is C32H37Cl2N3O6S. The van der Waals surface area contributed by atoms with E-state index in [-0.39, 0.29) is 30.3 Å². The summed E-state index contributed by atoms with van der Waals surface area (Å²) >= 11 is 12.7. The average Bonchev–Trinajstić information content (AvgIpc) is 2.97. The number of hydrogen-bond acceptors (Lipinski definition) is 6. The lowest BCUT2D eigenvalue weighted by molar-refractivity contribution is -0.140. The standard InChI is InChI=1S/C32H37Cl2N3O6S/c1-5-44(40,41)37(25-13-14-28-29(19-25)43-16-15-42-28)21-30(38)36(20-23-11-12-24(33)18-26(23)34)27(31(39)35-32(2,3)4)17-22-9-7-6-8-10-22/h6-14,18-19,27H,5,15-17,20-21H2,1-4H3,(H,35,39)/t27-/m0/s1. The molecule has 1 heterocycles. The van der Waals surface area contributed by atoms with Crippen molar-refractivity contribution in [2.24, 2.45) is 0 Å². The maximum absolute atomic E-state index is 14.4. The van der Waals surface area contributed by atoms with Crippen LogP contribution in [0.5, 0.6) is 11.5 Å². The monoisotopic (exact) mass is 661 g/mol. The van der Waals surface area contributed by atoms with Crippen LogP contribution in [0.4, 0.5) is 5.69 Å². The second-order valence-corrected chi connectivity index (χ2v) is 14.5. The fourth-order valence-electron chi connectivity index (χ4n) is 4.75. The zero-order valence-corrected chi connectivity index (χ0v) is 27.5. The van der Waals surface area contributed by atoms with Gasteiger partial charge in [0.15, 0.2) is 11.5 Å². The van der Waals surface area contributed by atoms with E-state index in [0.29, 0.717) is 40.3 Å². The van der Waals surface area contributed by atoms with Crippen molar-refractivity contribution in [3.63, 3.8) is 0 Å². The number of fused-ring (bicyclic) bond motifs is 1. The van der Waals surface area contributed by atoms with Crippen molar-refractivity contribution in [1.82, 2.24) is 10.2 Å². The van der Waals surface area contributed by atoms with E-state index >= 15 is 0 Å².